The van der Waals surface area contributed by atoms with Crippen LogP contribution in [0.4, 0.5) is 10.1 Å². The third-order valence-corrected chi connectivity index (χ3v) is 5.39. The van der Waals surface area contributed by atoms with Crippen molar-refractivity contribution in [1.29, 1.82) is 0 Å². The van der Waals surface area contributed by atoms with E-state index in [2.05, 4.69) is 15.5 Å². The van der Waals surface area contributed by atoms with Gasteiger partial charge in [0.25, 0.3) is 0 Å². The number of nitrogens with one attached hydrogen (secondary N) is 1. The number of nitrogens with zero attached hydrogens (tertiary/aromatic N) is 3. The fraction of sp³-hybridized carbons (Fsp3) is 0.0455. The first-order valence-electron chi connectivity index (χ1n) is 9.05. The molecule has 1 N–H and O–H groups in total. The van der Waals surface area contributed by atoms with Crippen molar-refractivity contribution in [3.05, 3.63) is 89.7 Å². The van der Waals surface area contributed by atoms with E-state index in [0.717, 1.165) is 5.56 Å². The number of aromatic nitrogens is 3. The van der Waals surface area contributed by atoms with Gasteiger partial charge in [0.05, 0.1) is 5.75 Å². The Labute approximate surface area is 181 Å². The Kier molecular flexibility index (Phi) is 6.11. The first kappa shape index (κ1) is 20.1. The summed E-state index contributed by atoms with van der Waals surface area (Å²) in [5.74, 6) is 0.237. The largest absolute Gasteiger partial charge is 0.325 e. The first-order valence-corrected chi connectivity index (χ1v) is 10.4. The highest BCUT2D eigenvalue weighted by molar-refractivity contribution is 7.99. The maximum Gasteiger partial charge on any atom is 0.234 e. The van der Waals surface area contributed by atoms with Crippen LogP contribution in [0.15, 0.2) is 84.0 Å². The number of thioether (sulfide) groups is 1. The van der Waals surface area contributed by atoms with E-state index in [1.807, 2.05) is 34.9 Å². The van der Waals surface area contributed by atoms with Crippen molar-refractivity contribution in [2.24, 2.45) is 0 Å². The molecule has 0 fully saturated rings. The summed E-state index contributed by atoms with van der Waals surface area (Å²) in [5.41, 5.74) is 2.24. The summed E-state index contributed by atoms with van der Waals surface area (Å²) in [5, 5.41) is 12.5. The molecule has 4 rings (SSSR count). The zero-order chi connectivity index (χ0) is 20.9. The van der Waals surface area contributed by atoms with Crippen LogP contribution >= 0.6 is 23.4 Å². The predicted octanol–water partition coefficient (Wildman–Crippen LogP) is 5.46. The van der Waals surface area contributed by atoms with Gasteiger partial charge >= 0.3 is 0 Å². The molecule has 8 heteroatoms. The monoisotopic (exact) mass is 438 g/mol. The second-order valence-corrected chi connectivity index (χ2v) is 7.71. The van der Waals surface area contributed by atoms with Crippen LogP contribution in [0.1, 0.15) is 0 Å². The summed E-state index contributed by atoms with van der Waals surface area (Å²) in [6.07, 6.45) is 0. The fourth-order valence-electron chi connectivity index (χ4n) is 2.82. The zero-order valence-corrected chi connectivity index (χ0v) is 17.2. The number of carbonyl (C=O) groups is 1. The van der Waals surface area contributed by atoms with E-state index in [1.54, 1.807) is 36.4 Å². The number of hydrogen-bond acceptors (Lipinski definition) is 4. The maximum atomic E-state index is 13.4. The van der Waals surface area contributed by atoms with Gasteiger partial charge in [-0.3, -0.25) is 9.36 Å². The number of anilines is 1. The molecule has 0 bridgehead atoms. The Bertz CT molecular complexity index is 1150. The Hall–Kier alpha value is -3.16. The fourth-order valence-corrected chi connectivity index (χ4v) is 3.70. The van der Waals surface area contributed by atoms with Crippen LogP contribution in [0.25, 0.3) is 17.1 Å². The van der Waals surface area contributed by atoms with Gasteiger partial charge < -0.3 is 5.32 Å². The number of benzene rings is 3. The smallest absolute Gasteiger partial charge is 0.234 e. The third kappa shape index (κ3) is 4.69. The minimum absolute atomic E-state index is 0.136. The first-order chi connectivity index (χ1) is 14.6. The van der Waals surface area contributed by atoms with Crippen LogP contribution in [-0.2, 0) is 4.79 Å². The van der Waals surface area contributed by atoms with Crippen molar-refractivity contribution < 1.29 is 9.18 Å². The molecule has 0 aliphatic carbocycles. The topological polar surface area (TPSA) is 59.8 Å². The van der Waals surface area contributed by atoms with Crippen molar-refractivity contribution in [2.75, 3.05) is 11.1 Å². The second-order valence-electron chi connectivity index (χ2n) is 6.33. The van der Waals surface area contributed by atoms with Gasteiger partial charge in [0.2, 0.25) is 5.91 Å². The minimum atomic E-state index is -0.329. The summed E-state index contributed by atoms with van der Waals surface area (Å²) in [6, 6.07) is 22.5. The number of amides is 1. The molecule has 3 aromatic carbocycles. The van der Waals surface area contributed by atoms with E-state index in [-0.39, 0.29) is 17.5 Å². The molecule has 1 amide bonds. The van der Waals surface area contributed by atoms with E-state index in [4.69, 9.17) is 11.6 Å². The Morgan fingerprint density at radius 3 is 2.37 bits per heavy atom. The number of carbonyl (C=O) groups excluding carboxylic acids is 1. The van der Waals surface area contributed by atoms with Crippen LogP contribution in [0.3, 0.4) is 0 Å². The molecule has 150 valence electrons. The summed E-state index contributed by atoms with van der Waals surface area (Å²) < 4.78 is 15.2. The van der Waals surface area contributed by atoms with Crippen molar-refractivity contribution in [3.63, 3.8) is 0 Å². The van der Waals surface area contributed by atoms with E-state index in [0.29, 0.717) is 27.4 Å². The molecule has 0 saturated heterocycles. The molecule has 0 aliphatic rings. The van der Waals surface area contributed by atoms with Crippen molar-refractivity contribution in [2.45, 2.75) is 5.16 Å². The summed E-state index contributed by atoms with van der Waals surface area (Å²) >= 11 is 7.12. The highest BCUT2D eigenvalue weighted by atomic mass is 35.5. The Balaban J connectivity index is 1.58. The van der Waals surface area contributed by atoms with Gasteiger partial charge in [-0.25, -0.2) is 4.39 Å². The molecule has 5 nitrogen and oxygen atoms in total. The summed E-state index contributed by atoms with van der Waals surface area (Å²) in [7, 11) is 0. The molecule has 4 aromatic rings. The lowest BCUT2D eigenvalue weighted by atomic mass is 10.2. The highest BCUT2D eigenvalue weighted by Crippen LogP contribution is 2.28. The van der Waals surface area contributed by atoms with Crippen molar-refractivity contribution in [1.82, 2.24) is 14.8 Å². The molecule has 1 aromatic heterocycles. The molecule has 0 radical (unpaired) electrons. The second kappa shape index (κ2) is 9.11. The van der Waals surface area contributed by atoms with Crippen LogP contribution in [0, 0.1) is 5.82 Å². The van der Waals surface area contributed by atoms with Crippen LogP contribution < -0.4 is 5.32 Å². The lowest BCUT2D eigenvalue weighted by Crippen LogP contribution is -2.14. The van der Waals surface area contributed by atoms with Gasteiger partial charge in [0.15, 0.2) is 11.0 Å². The molecule has 0 spiro atoms. The zero-order valence-electron chi connectivity index (χ0n) is 15.6. The molecule has 0 saturated carbocycles. The standard InChI is InChI=1S/C22H16ClFN4OS/c23-16-6-10-18(11-7-16)25-20(29)14-30-22-27-26-21(15-4-2-1-3-5-15)28(22)19-12-8-17(24)9-13-19/h1-13H,14H2,(H,25,29). The van der Waals surface area contributed by atoms with Crippen molar-refractivity contribution >= 4 is 35.0 Å². The van der Waals surface area contributed by atoms with Crippen LogP contribution in [-0.4, -0.2) is 26.4 Å². The highest BCUT2D eigenvalue weighted by Gasteiger charge is 2.17. The lowest BCUT2D eigenvalue weighted by Gasteiger charge is -2.10. The molecule has 0 atom stereocenters. The Morgan fingerprint density at radius 1 is 0.967 bits per heavy atom. The maximum absolute atomic E-state index is 13.4. The van der Waals surface area contributed by atoms with Gasteiger partial charge in [0, 0.05) is 22.0 Å². The molecule has 0 unspecified atom stereocenters. The van der Waals surface area contributed by atoms with E-state index >= 15 is 0 Å². The van der Waals surface area contributed by atoms with E-state index in [1.165, 1.54) is 23.9 Å². The quantitative estimate of drug-likeness (QED) is 0.406. The van der Waals surface area contributed by atoms with Crippen LogP contribution in [0.5, 0.6) is 0 Å². The molecule has 30 heavy (non-hydrogen) atoms. The van der Waals surface area contributed by atoms with Gasteiger partial charge in [-0.2, -0.15) is 0 Å². The molecule has 1 heterocycles. The van der Waals surface area contributed by atoms with Crippen LogP contribution in [0.2, 0.25) is 5.02 Å². The predicted molar refractivity (Wildman–Crippen MR) is 118 cm³/mol. The van der Waals surface area contributed by atoms with E-state index < -0.39 is 0 Å². The van der Waals surface area contributed by atoms with Gasteiger partial charge in [-0.05, 0) is 48.5 Å². The Morgan fingerprint density at radius 2 is 1.67 bits per heavy atom. The van der Waals surface area contributed by atoms with Crippen molar-refractivity contribution in [3.8, 4) is 17.1 Å². The SMILES string of the molecule is O=C(CSc1nnc(-c2ccccc2)n1-c1ccc(F)cc1)Nc1ccc(Cl)cc1. The third-order valence-electron chi connectivity index (χ3n) is 4.21. The number of hydrogen-bond donors (Lipinski definition) is 1. The number of halogens is 2. The normalized spacial score (nSPS) is 10.7. The summed E-state index contributed by atoms with van der Waals surface area (Å²) in [6.45, 7) is 0. The minimum Gasteiger partial charge on any atom is -0.325 e. The summed E-state index contributed by atoms with van der Waals surface area (Å²) in [4.78, 5) is 12.4. The van der Waals surface area contributed by atoms with E-state index in [9.17, 15) is 9.18 Å². The lowest BCUT2D eigenvalue weighted by molar-refractivity contribution is -0.113. The molecular weight excluding hydrogens is 423 g/mol. The molecular formula is C22H16ClFN4OS. The average Bonchev–Trinajstić information content (AvgIpc) is 3.19. The van der Waals surface area contributed by atoms with Gasteiger partial charge in [0.1, 0.15) is 5.82 Å². The molecule has 0 aliphatic heterocycles. The average molecular weight is 439 g/mol. The van der Waals surface area contributed by atoms with Gasteiger partial charge in [-0.15, -0.1) is 10.2 Å². The van der Waals surface area contributed by atoms with Gasteiger partial charge in [-0.1, -0.05) is 53.7 Å². The number of rotatable bonds is 6.